The van der Waals surface area contributed by atoms with E-state index < -0.39 is 0 Å². The van der Waals surface area contributed by atoms with Gasteiger partial charge < -0.3 is 9.47 Å². The van der Waals surface area contributed by atoms with Gasteiger partial charge in [-0.3, -0.25) is 0 Å². The van der Waals surface area contributed by atoms with E-state index in [1.54, 1.807) is 6.33 Å². The Morgan fingerprint density at radius 1 is 1.24 bits per heavy atom. The number of nitrogens with zero attached hydrogens (tertiary/aromatic N) is 7. The fourth-order valence-electron chi connectivity index (χ4n) is 2.74. The topological polar surface area (TPSA) is 85.8 Å². The van der Waals surface area contributed by atoms with Crippen LogP contribution in [0, 0.1) is 6.92 Å². The van der Waals surface area contributed by atoms with Crippen LogP contribution in [0.3, 0.4) is 0 Å². The predicted octanol–water partition coefficient (Wildman–Crippen LogP) is 2.37. The van der Waals surface area contributed by atoms with Gasteiger partial charge in [0.1, 0.15) is 17.2 Å². The molecule has 0 aromatic carbocycles. The van der Waals surface area contributed by atoms with E-state index in [9.17, 15) is 0 Å². The Hall–Kier alpha value is -2.16. The molecular weight excluding hydrogens is 338 g/mol. The highest BCUT2D eigenvalue weighted by atomic mass is 32.2. The molecule has 9 heteroatoms. The highest BCUT2D eigenvalue weighted by Crippen LogP contribution is 2.30. The molecule has 1 aliphatic rings. The quantitative estimate of drug-likeness (QED) is 0.704. The molecule has 0 spiro atoms. The maximum Gasteiger partial charge on any atom is 0.166 e. The van der Waals surface area contributed by atoms with Crippen LogP contribution in [0.2, 0.25) is 0 Å². The van der Waals surface area contributed by atoms with E-state index in [0.717, 1.165) is 52.4 Å². The van der Waals surface area contributed by atoms with Gasteiger partial charge >= 0.3 is 0 Å². The van der Waals surface area contributed by atoms with E-state index in [-0.39, 0.29) is 5.41 Å². The molecule has 0 atom stereocenters. The van der Waals surface area contributed by atoms with Gasteiger partial charge in [0.2, 0.25) is 0 Å². The fraction of sp³-hybridized carbons (Fsp3) is 0.562. The van der Waals surface area contributed by atoms with Crippen molar-refractivity contribution in [2.45, 2.75) is 39.7 Å². The Kier molecular flexibility index (Phi) is 3.90. The summed E-state index contributed by atoms with van der Waals surface area (Å²) in [7, 11) is 0. The van der Waals surface area contributed by atoms with Crippen molar-refractivity contribution in [2.24, 2.45) is 0 Å². The molecular formula is C16H21N7OS. The van der Waals surface area contributed by atoms with Crippen LogP contribution in [0.25, 0.3) is 11.2 Å². The van der Waals surface area contributed by atoms with Crippen molar-refractivity contribution in [1.29, 1.82) is 0 Å². The number of hydrogen-bond donors (Lipinski definition) is 0. The van der Waals surface area contributed by atoms with Gasteiger partial charge in [-0.2, -0.15) is 0 Å². The van der Waals surface area contributed by atoms with E-state index in [1.807, 2.05) is 23.3 Å². The minimum absolute atomic E-state index is 0.143. The van der Waals surface area contributed by atoms with Crippen molar-refractivity contribution in [2.75, 3.05) is 23.1 Å². The summed E-state index contributed by atoms with van der Waals surface area (Å²) < 4.78 is 6.80. The van der Waals surface area contributed by atoms with E-state index in [4.69, 9.17) is 14.6 Å². The van der Waals surface area contributed by atoms with Gasteiger partial charge in [-0.1, -0.05) is 31.1 Å². The maximum absolute atomic E-state index is 4.86. The molecule has 1 fully saturated rings. The molecule has 25 heavy (non-hydrogen) atoms. The van der Waals surface area contributed by atoms with E-state index in [0.29, 0.717) is 6.54 Å². The smallest absolute Gasteiger partial charge is 0.166 e. The zero-order valence-corrected chi connectivity index (χ0v) is 15.7. The fourth-order valence-corrected chi connectivity index (χ4v) is 3.69. The van der Waals surface area contributed by atoms with Gasteiger partial charge in [-0.05, 0) is 6.92 Å². The first-order chi connectivity index (χ1) is 11.9. The first-order valence-electron chi connectivity index (χ1n) is 8.27. The van der Waals surface area contributed by atoms with E-state index >= 15 is 0 Å². The van der Waals surface area contributed by atoms with Crippen LogP contribution < -0.4 is 4.90 Å². The zero-order chi connectivity index (χ0) is 17.6. The third-order valence-corrected chi connectivity index (χ3v) is 5.20. The monoisotopic (exact) mass is 359 g/mol. The molecule has 4 heterocycles. The number of aryl methyl sites for hydroxylation is 1. The highest BCUT2D eigenvalue weighted by Gasteiger charge is 2.26. The Balaban J connectivity index is 1.85. The van der Waals surface area contributed by atoms with Gasteiger partial charge in [-0.15, -0.1) is 11.8 Å². The van der Waals surface area contributed by atoms with Crippen LogP contribution in [0.5, 0.6) is 0 Å². The zero-order valence-electron chi connectivity index (χ0n) is 14.9. The second-order valence-electron chi connectivity index (χ2n) is 7.26. The minimum Gasteiger partial charge on any atom is -0.345 e. The molecule has 4 rings (SSSR count). The number of rotatable bonds is 3. The summed E-state index contributed by atoms with van der Waals surface area (Å²) in [6.45, 7) is 9.78. The molecule has 0 unspecified atom stereocenters. The van der Waals surface area contributed by atoms with E-state index in [2.05, 4.69) is 41.0 Å². The van der Waals surface area contributed by atoms with Crippen LogP contribution >= 0.6 is 11.8 Å². The number of aromatic nitrogens is 6. The summed E-state index contributed by atoms with van der Waals surface area (Å²) in [6.07, 6.45) is 1.80. The van der Waals surface area contributed by atoms with Crippen molar-refractivity contribution in [3.05, 3.63) is 23.5 Å². The maximum atomic E-state index is 4.86. The van der Waals surface area contributed by atoms with Gasteiger partial charge in [0.15, 0.2) is 17.0 Å². The largest absolute Gasteiger partial charge is 0.345 e. The Morgan fingerprint density at radius 3 is 2.72 bits per heavy atom. The summed E-state index contributed by atoms with van der Waals surface area (Å²) in [5.74, 6) is 3.80. The Bertz CT molecular complexity index is 905. The molecule has 0 radical (unpaired) electrons. The number of thioether (sulfide) groups is 1. The van der Waals surface area contributed by atoms with Gasteiger partial charge in [0, 0.05) is 17.7 Å². The van der Waals surface area contributed by atoms with Crippen molar-refractivity contribution < 1.29 is 4.63 Å². The van der Waals surface area contributed by atoms with Crippen LogP contribution in [0.4, 0.5) is 5.82 Å². The normalized spacial score (nSPS) is 15.4. The summed E-state index contributed by atoms with van der Waals surface area (Å²) in [4.78, 5) is 16.6. The van der Waals surface area contributed by atoms with Crippen molar-refractivity contribution >= 4 is 28.7 Å². The third kappa shape index (κ3) is 2.97. The Labute approximate surface area is 150 Å². The third-order valence-electron chi connectivity index (χ3n) is 4.24. The molecule has 8 nitrogen and oxygen atoms in total. The van der Waals surface area contributed by atoms with Crippen LogP contribution in [-0.2, 0) is 12.0 Å². The average Bonchev–Trinajstić information content (AvgIpc) is 3.29. The molecule has 0 N–H and O–H groups in total. The molecule has 0 bridgehead atoms. The molecule has 3 aromatic heterocycles. The van der Waals surface area contributed by atoms with Crippen molar-refractivity contribution in [1.82, 2.24) is 29.8 Å². The SMILES string of the molecule is Cc1nonc1Cn1cnc2c(N3CCSC3)nc(C(C)(C)C)nc21. The standard InChI is InChI=1S/C16H21N7OS/c1-10-11(21-24-20-10)7-23-8-17-12-13(22-5-6-25-9-22)18-15(16(2,3)4)19-14(12)23/h8H,5-7,9H2,1-4H3. The lowest BCUT2D eigenvalue weighted by atomic mass is 9.96. The molecule has 0 saturated carbocycles. The summed E-state index contributed by atoms with van der Waals surface area (Å²) in [6, 6.07) is 0. The van der Waals surface area contributed by atoms with Crippen molar-refractivity contribution in [3.63, 3.8) is 0 Å². The number of hydrogen-bond acceptors (Lipinski definition) is 8. The van der Waals surface area contributed by atoms with E-state index in [1.165, 1.54) is 0 Å². The number of anilines is 1. The second kappa shape index (κ2) is 5.98. The number of imidazole rings is 1. The lowest BCUT2D eigenvalue weighted by Crippen LogP contribution is -2.24. The highest BCUT2D eigenvalue weighted by molar-refractivity contribution is 7.99. The first kappa shape index (κ1) is 16.3. The molecule has 1 saturated heterocycles. The lowest BCUT2D eigenvalue weighted by molar-refractivity contribution is 0.300. The summed E-state index contributed by atoms with van der Waals surface area (Å²) >= 11 is 1.91. The number of fused-ring (bicyclic) bond motifs is 1. The van der Waals surface area contributed by atoms with Crippen LogP contribution in [0.1, 0.15) is 38.0 Å². The van der Waals surface area contributed by atoms with Crippen molar-refractivity contribution in [3.8, 4) is 0 Å². The first-order valence-corrected chi connectivity index (χ1v) is 9.43. The van der Waals surface area contributed by atoms with Gasteiger partial charge in [0.05, 0.1) is 18.7 Å². The van der Waals surface area contributed by atoms with Crippen LogP contribution in [0.15, 0.2) is 11.0 Å². The molecule has 1 aliphatic heterocycles. The minimum atomic E-state index is -0.143. The van der Waals surface area contributed by atoms with Gasteiger partial charge in [0.25, 0.3) is 0 Å². The summed E-state index contributed by atoms with van der Waals surface area (Å²) in [5, 5.41) is 7.83. The Morgan fingerprint density at radius 2 is 2.08 bits per heavy atom. The molecule has 3 aromatic rings. The molecule has 132 valence electrons. The van der Waals surface area contributed by atoms with Gasteiger partial charge in [-0.25, -0.2) is 19.6 Å². The predicted molar refractivity (Wildman–Crippen MR) is 96.8 cm³/mol. The molecule has 0 aliphatic carbocycles. The second-order valence-corrected chi connectivity index (χ2v) is 8.34. The molecule has 0 amide bonds. The average molecular weight is 359 g/mol. The van der Waals surface area contributed by atoms with Crippen LogP contribution in [-0.4, -0.2) is 48.0 Å². The summed E-state index contributed by atoms with van der Waals surface area (Å²) in [5.41, 5.74) is 3.09. The lowest BCUT2D eigenvalue weighted by Gasteiger charge is -2.21.